The average Bonchev–Trinajstić information content (AvgIpc) is 2.83. The van der Waals surface area contributed by atoms with Crippen LogP contribution in [0.1, 0.15) is 58.2 Å². The van der Waals surface area contributed by atoms with E-state index in [1.54, 1.807) is 32.5 Å². The molecule has 0 fully saturated rings. The first kappa shape index (κ1) is 28.3. The summed E-state index contributed by atoms with van der Waals surface area (Å²) in [5.74, 6) is -0.249. The van der Waals surface area contributed by atoms with Gasteiger partial charge in [-0.25, -0.2) is 9.59 Å². The number of alkyl carbamates (subject to hydrolysis) is 1. The van der Waals surface area contributed by atoms with Crippen LogP contribution in [-0.4, -0.2) is 35.1 Å². The molecular formula is C31H37NO4S. The fraction of sp³-hybridized carbons (Fsp3) is 0.355. The third-order valence-corrected chi connectivity index (χ3v) is 7.03. The van der Waals surface area contributed by atoms with Crippen LogP contribution in [0.15, 0.2) is 91.0 Å². The molecule has 0 heterocycles. The summed E-state index contributed by atoms with van der Waals surface area (Å²) in [5.41, 5.74) is 1.80. The number of carbonyl (C=O) groups is 2. The van der Waals surface area contributed by atoms with Crippen molar-refractivity contribution >= 4 is 23.8 Å². The predicted octanol–water partition coefficient (Wildman–Crippen LogP) is 6.95. The zero-order chi connectivity index (χ0) is 27.1. The van der Waals surface area contributed by atoms with E-state index in [2.05, 4.69) is 41.7 Å². The lowest BCUT2D eigenvalue weighted by Crippen LogP contribution is -2.48. The second-order valence-corrected chi connectivity index (χ2v) is 12.1. The Morgan fingerprint density at radius 2 is 1.05 bits per heavy atom. The van der Waals surface area contributed by atoms with Crippen LogP contribution in [-0.2, 0) is 19.0 Å². The van der Waals surface area contributed by atoms with E-state index < -0.39 is 34.1 Å². The zero-order valence-corrected chi connectivity index (χ0v) is 23.3. The van der Waals surface area contributed by atoms with Crippen molar-refractivity contribution in [2.24, 2.45) is 0 Å². The molecule has 5 nitrogen and oxygen atoms in total. The number of thioether (sulfide) groups is 1. The molecular weight excluding hydrogens is 482 g/mol. The summed E-state index contributed by atoms with van der Waals surface area (Å²) in [7, 11) is 0. The van der Waals surface area contributed by atoms with Crippen LogP contribution in [0.25, 0.3) is 0 Å². The van der Waals surface area contributed by atoms with Crippen LogP contribution >= 0.6 is 11.8 Å². The number of hydrogen-bond donors (Lipinski definition) is 1. The number of amides is 1. The number of hydrogen-bond acceptors (Lipinski definition) is 5. The maximum absolute atomic E-state index is 13.3. The fourth-order valence-corrected chi connectivity index (χ4v) is 5.51. The van der Waals surface area contributed by atoms with Gasteiger partial charge in [-0.3, -0.25) is 0 Å². The van der Waals surface area contributed by atoms with Crippen molar-refractivity contribution in [3.8, 4) is 0 Å². The molecule has 37 heavy (non-hydrogen) atoms. The van der Waals surface area contributed by atoms with Gasteiger partial charge >= 0.3 is 12.1 Å². The Hall–Kier alpha value is -3.25. The molecule has 0 radical (unpaired) electrons. The minimum atomic E-state index is -0.922. The third-order valence-electron chi connectivity index (χ3n) is 5.39. The molecule has 1 atom stereocenters. The Morgan fingerprint density at radius 3 is 1.41 bits per heavy atom. The van der Waals surface area contributed by atoms with Crippen LogP contribution in [0, 0.1) is 0 Å². The lowest BCUT2D eigenvalue weighted by Gasteiger charge is -2.36. The highest BCUT2D eigenvalue weighted by Crippen LogP contribution is 2.48. The van der Waals surface area contributed by atoms with E-state index in [4.69, 9.17) is 9.47 Å². The molecule has 3 aromatic rings. The molecule has 0 bridgehead atoms. The molecule has 3 aromatic carbocycles. The molecule has 0 spiro atoms. The zero-order valence-electron chi connectivity index (χ0n) is 22.5. The molecule has 6 heteroatoms. The summed E-state index contributed by atoms with van der Waals surface area (Å²) in [6.45, 7) is 10.8. The summed E-state index contributed by atoms with van der Waals surface area (Å²) in [5, 5.41) is 2.77. The van der Waals surface area contributed by atoms with Gasteiger partial charge in [0.1, 0.15) is 17.2 Å². The Morgan fingerprint density at radius 1 is 0.676 bits per heavy atom. The number of benzene rings is 3. The second kappa shape index (κ2) is 11.9. The lowest BCUT2D eigenvalue weighted by molar-refractivity contribution is -0.156. The van der Waals surface area contributed by atoms with E-state index >= 15 is 0 Å². The summed E-state index contributed by atoms with van der Waals surface area (Å²) in [6.07, 6.45) is -0.659. The molecule has 0 aromatic heterocycles. The fourth-order valence-electron chi connectivity index (χ4n) is 3.97. The Kier molecular flexibility index (Phi) is 9.08. The van der Waals surface area contributed by atoms with Crippen LogP contribution in [0.2, 0.25) is 0 Å². The number of nitrogens with one attached hydrogen (secondary N) is 1. The van der Waals surface area contributed by atoms with Gasteiger partial charge in [0.2, 0.25) is 0 Å². The van der Waals surface area contributed by atoms with Gasteiger partial charge in [0, 0.05) is 5.75 Å². The molecule has 0 saturated carbocycles. The molecule has 1 N–H and O–H groups in total. The van der Waals surface area contributed by atoms with E-state index in [0.717, 1.165) is 16.7 Å². The van der Waals surface area contributed by atoms with Crippen molar-refractivity contribution in [2.45, 2.75) is 63.5 Å². The summed E-state index contributed by atoms with van der Waals surface area (Å²) >= 11 is 1.58. The van der Waals surface area contributed by atoms with E-state index in [9.17, 15) is 9.59 Å². The smallest absolute Gasteiger partial charge is 0.408 e. The Bertz CT molecular complexity index is 1060. The first-order valence-electron chi connectivity index (χ1n) is 12.4. The van der Waals surface area contributed by atoms with Gasteiger partial charge in [0.05, 0.1) is 4.75 Å². The van der Waals surface area contributed by atoms with Crippen LogP contribution < -0.4 is 5.32 Å². The van der Waals surface area contributed by atoms with E-state index in [-0.39, 0.29) is 5.75 Å². The predicted molar refractivity (Wildman–Crippen MR) is 151 cm³/mol. The maximum Gasteiger partial charge on any atom is 0.408 e. The highest BCUT2D eigenvalue weighted by atomic mass is 32.2. The molecule has 0 aliphatic carbocycles. The molecule has 196 valence electrons. The van der Waals surface area contributed by atoms with Gasteiger partial charge in [-0.05, 0) is 58.2 Å². The summed E-state index contributed by atoms with van der Waals surface area (Å²) < 4.78 is 10.5. The topological polar surface area (TPSA) is 64.6 Å². The summed E-state index contributed by atoms with van der Waals surface area (Å²) in [6, 6.07) is 29.7. The van der Waals surface area contributed by atoms with Crippen molar-refractivity contribution in [1.29, 1.82) is 0 Å². The van der Waals surface area contributed by atoms with Crippen LogP contribution in [0.5, 0.6) is 0 Å². The lowest BCUT2D eigenvalue weighted by atomic mass is 9.84. The Labute approximate surface area is 225 Å². The minimum absolute atomic E-state index is 0.257. The number of rotatable bonds is 8. The van der Waals surface area contributed by atoms with Gasteiger partial charge < -0.3 is 14.8 Å². The SMILES string of the molecule is CC(C)(C)OC(=O)NC(CSC(c1ccccc1)(c1ccccc1)c1ccccc1)C(=O)OC(C)(C)C. The van der Waals surface area contributed by atoms with Crippen molar-refractivity contribution < 1.29 is 19.1 Å². The molecule has 3 rings (SSSR count). The molecule has 0 aliphatic rings. The quantitative estimate of drug-likeness (QED) is 0.258. The second-order valence-electron chi connectivity index (χ2n) is 10.8. The van der Waals surface area contributed by atoms with E-state index in [1.165, 1.54) is 0 Å². The molecule has 0 aliphatic heterocycles. The van der Waals surface area contributed by atoms with Crippen LogP contribution in [0.4, 0.5) is 4.79 Å². The first-order chi connectivity index (χ1) is 17.4. The first-order valence-corrected chi connectivity index (χ1v) is 13.4. The van der Waals surface area contributed by atoms with Gasteiger partial charge in [-0.2, -0.15) is 0 Å². The third kappa shape index (κ3) is 7.86. The number of ether oxygens (including phenoxy) is 2. The number of carbonyl (C=O) groups excluding carboxylic acids is 2. The minimum Gasteiger partial charge on any atom is -0.458 e. The normalized spacial score (nSPS) is 12.9. The van der Waals surface area contributed by atoms with E-state index in [1.807, 2.05) is 75.4 Å². The monoisotopic (exact) mass is 519 g/mol. The van der Waals surface area contributed by atoms with Crippen molar-refractivity contribution in [1.82, 2.24) is 5.32 Å². The molecule has 1 amide bonds. The highest BCUT2D eigenvalue weighted by Gasteiger charge is 2.39. The van der Waals surface area contributed by atoms with Crippen molar-refractivity contribution in [2.75, 3.05) is 5.75 Å². The average molecular weight is 520 g/mol. The van der Waals surface area contributed by atoms with Gasteiger partial charge in [-0.15, -0.1) is 11.8 Å². The maximum atomic E-state index is 13.3. The molecule has 1 unspecified atom stereocenters. The standard InChI is InChI=1S/C31H37NO4S/c1-29(2,3)35-27(33)26(32-28(34)36-30(4,5)6)22-37-31(23-16-10-7-11-17-23,24-18-12-8-13-19-24)25-20-14-9-15-21-25/h7-21,26H,22H2,1-6H3,(H,32,34). The van der Waals surface area contributed by atoms with Crippen molar-refractivity contribution in [3.05, 3.63) is 108 Å². The largest absolute Gasteiger partial charge is 0.458 e. The van der Waals surface area contributed by atoms with Gasteiger partial charge in [0.15, 0.2) is 0 Å². The molecule has 0 saturated heterocycles. The van der Waals surface area contributed by atoms with Crippen molar-refractivity contribution in [3.63, 3.8) is 0 Å². The van der Waals surface area contributed by atoms with Gasteiger partial charge in [-0.1, -0.05) is 91.0 Å². The highest BCUT2D eigenvalue weighted by molar-refractivity contribution is 8.00. The number of esters is 1. The van der Waals surface area contributed by atoms with Gasteiger partial charge in [0.25, 0.3) is 0 Å². The van der Waals surface area contributed by atoms with Crippen LogP contribution in [0.3, 0.4) is 0 Å². The summed E-state index contributed by atoms with van der Waals surface area (Å²) in [4.78, 5) is 26.0. The Balaban J connectivity index is 2.06. The van der Waals surface area contributed by atoms with E-state index in [0.29, 0.717) is 0 Å².